The summed E-state index contributed by atoms with van der Waals surface area (Å²) in [6, 6.07) is 9.10. The van der Waals surface area contributed by atoms with Crippen LogP contribution in [0.4, 0.5) is 11.8 Å². The molecule has 0 spiro atoms. The molecule has 2 aliphatic heterocycles. The number of piperidine rings is 1. The molecule has 2 fully saturated rings. The number of hydrogen-bond acceptors (Lipinski definition) is 7. The van der Waals surface area contributed by atoms with Crippen molar-refractivity contribution in [2.45, 2.75) is 18.9 Å². The van der Waals surface area contributed by atoms with Crippen molar-refractivity contribution in [3.63, 3.8) is 0 Å². The van der Waals surface area contributed by atoms with Crippen LogP contribution in [0.3, 0.4) is 0 Å². The Kier molecular flexibility index (Phi) is 4.90. The lowest BCUT2D eigenvalue weighted by Gasteiger charge is -2.32. The molecule has 0 radical (unpaired) electrons. The number of phenols is 1. The van der Waals surface area contributed by atoms with Crippen molar-refractivity contribution >= 4 is 11.8 Å². The largest absolute Gasteiger partial charge is 0.508 e. The Hall–Kier alpha value is -2.38. The molecule has 4 rings (SSSR count). The number of rotatable bonds is 3. The quantitative estimate of drug-likeness (QED) is 0.865. The van der Waals surface area contributed by atoms with Gasteiger partial charge in [-0.05, 0) is 25.0 Å². The van der Waals surface area contributed by atoms with E-state index in [0.717, 1.165) is 56.1 Å². The second kappa shape index (κ2) is 7.47. The SMILES string of the molecule is Oc1cccc(-c2cc(N3CCC(O)CC3)nc(N3CCOCC3)n2)c1. The van der Waals surface area contributed by atoms with Crippen molar-refractivity contribution in [3.8, 4) is 17.0 Å². The zero-order valence-corrected chi connectivity index (χ0v) is 14.7. The number of phenolic OH excluding ortho intramolecular Hbond substituents is 1. The van der Waals surface area contributed by atoms with E-state index < -0.39 is 0 Å². The van der Waals surface area contributed by atoms with Gasteiger partial charge in [-0.25, -0.2) is 4.98 Å². The van der Waals surface area contributed by atoms with Crippen LogP contribution in [-0.4, -0.2) is 65.7 Å². The van der Waals surface area contributed by atoms with Crippen LogP contribution in [0.1, 0.15) is 12.8 Å². The molecule has 0 unspecified atom stereocenters. The number of aromatic nitrogens is 2. The molecule has 2 saturated heterocycles. The molecule has 26 heavy (non-hydrogen) atoms. The van der Waals surface area contributed by atoms with Gasteiger partial charge in [0.1, 0.15) is 11.6 Å². The van der Waals surface area contributed by atoms with Gasteiger partial charge in [-0.2, -0.15) is 4.98 Å². The molecule has 0 saturated carbocycles. The van der Waals surface area contributed by atoms with Crippen molar-refractivity contribution < 1.29 is 14.9 Å². The molecule has 0 atom stereocenters. The number of hydrogen-bond donors (Lipinski definition) is 2. The molecule has 2 N–H and O–H groups in total. The first kappa shape index (κ1) is 17.1. The Balaban J connectivity index is 1.71. The van der Waals surface area contributed by atoms with Crippen LogP contribution in [-0.2, 0) is 4.74 Å². The maximum atomic E-state index is 9.83. The summed E-state index contributed by atoms with van der Waals surface area (Å²) in [7, 11) is 0. The first-order valence-corrected chi connectivity index (χ1v) is 9.13. The Morgan fingerprint density at radius 2 is 1.73 bits per heavy atom. The zero-order chi connectivity index (χ0) is 17.9. The maximum absolute atomic E-state index is 9.83. The molecular weight excluding hydrogens is 332 g/mol. The summed E-state index contributed by atoms with van der Waals surface area (Å²) in [5.41, 5.74) is 1.65. The fraction of sp³-hybridized carbons (Fsp3) is 0.474. The van der Waals surface area contributed by atoms with Crippen molar-refractivity contribution in [1.29, 1.82) is 0 Å². The van der Waals surface area contributed by atoms with Crippen molar-refractivity contribution in [2.24, 2.45) is 0 Å². The van der Waals surface area contributed by atoms with Gasteiger partial charge in [-0.1, -0.05) is 12.1 Å². The molecule has 7 nitrogen and oxygen atoms in total. The topological polar surface area (TPSA) is 82.0 Å². The number of aliphatic hydroxyl groups excluding tert-OH is 1. The van der Waals surface area contributed by atoms with Crippen LogP contribution in [0.25, 0.3) is 11.3 Å². The van der Waals surface area contributed by atoms with E-state index in [4.69, 9.17) is 14.7 Å². The van der Waals surface area contributed by atoms with Crippen LogP contribution < -0.4 is 9.80 Å². The molecule has 2 aromatic rings. The van der Waals surface area contributed by atoms with Crippen LogP contribution in [0.5, 0.6) is 5.75 Å². The summed E-state index contributed by atoms with van der Waals surface area (Å²) >= 11 is 0. The number of aliphatic hydroxyl groups is 1. The average Bonchev–Trinajstić information content (AvgIpc) is 2.69. The summed E-state index contributed by atoms with van der Waals surface area (Å²) in [5.74, 6) is 1.78. The van der Waals surface area contributed by atoms with E-state index in [1.54, 1.807) is 12.1 Å². The second-order valence-corrected chi connectivity index (χ2v) is 6.78. The maximum Gasteiger partial charge on any atom is 0.228 e. The third-order valence-corrected chi connectivity index (χ3v) is 4.93. The number of benzene rings is 1. The average molecular weight is 356 g/mol. The van der Waals surface area contributed by atoms with E-state index in [2.05, 4.69) is 9.80 Å². The van der Waals surface area contributed by atoms with Gasteiger partial charge < -0.3 is 24.7 Å². The third-order valence-electron chi connectivity index (χ3n) is 4.93. The molecular formula is C19H24N4O3. The lowest BCUT2D eigenvalue weighted by molar-refractivity contribution is 0.122. The summed E-state index contributed by atoms with van der Waals surface area (Å²) in [4.78, 5) is 13.9. The van der Waals surface area contributed by atoms with Crippen molar-refractivity contribution in [3.05, 3.63) is 30.3 Å². The Morgan fingerprint density at radius 1 is 0.962 bits per heavy atom. The number of morpholine rings is 1. The van der Waals surface area contributed by atoms with Crippen LogP contribution in [0.15, 0.2) is 30.3 Å². The summed E-state index contributed by atoms with van der Waals surface area (Å²) in [6.45, 7) is 4.43. The Bertz CT molecular complexity index is 756. The Labute approximate surface area is 152 Å². The second-order valence-electron chi connectivity index (χ2n) is 6.78. The molecule has 0 bridgehead atoms. The van der Waals surface area contributed by atoms with E-state index in [-0.39, 0.29) is 11.9 Å². The van der Waals surface area contributed by atoms with Gasteiger partial charge in [0, 0.05) is 37.8 Å². The molecule has 1 aromatic heterocycles. The normalized spacial score (nSPS) is 19.0. The fourth-order valence-electron chi connectivity index (χ4n) is 3.40. The minimum Gasteiger partial charge on any atom is -0.508 e. The molecule has 1 aromatic carbocycles. The zero-order valence-electron chi connectivity index (χ0n) is 14.7. The number of aromatic hydroxyl groups is 1. The van der Waals surface area contributed by atoms with E-state index in [1.165, 1.54) is 0 Å². The Morgan fingerprint density at radius 3 is 2.46 bits per heavy atom. The smallest absolute Gasteiger partial charge is 0.228 e. The molecule has 2 aliphatic rings. The van der Waals surface area contributed by atoms with Gasteiger partial charge in [0.2, 0.25) is 5.95 Å². The summed E-state index contributed by atoms with van der Waals surface area (Å²) in [5, 5.41) is 19.6. The van der Waals surface area contributed by atoms with E-state index in [9.17, 15) is 10.2 Å². The minimum absolute atomic E-state index is 0.219. The highest BCUT2D eigenvalue weighted by Crippen LogP contribution is 2.28. The molecule has 138 valence electrons. The van der Waals surface area contributed by atoms with E-state index in [1.807, 2.05) is 18.2 Å². The predicted molar refractivity (Wildman–Crippen MR) is 99.6 cm³/mol. The number of anilines is 2. The van der Waals surface area contributed by atoms with E-state index >= 15 is 0 Å². The fourth-order valence-corrected chi connectivity index (χ4v) is 3.40. The van der Waals surface area contributed by atoms with Crippen LogP contribution >= 0.6 is 0 Å². The number of ether oxygens (including phenoxy) is 1. The van der Waals surface area contributed by atoms with Gasteiger partial charge in [0.25, 0.3) is 0 Å². The van der Waals surface area contributed by atoms with Gasteiger partial charge in [0.05, 0.1) is 25.0 Å². The highest BCUT2D eigenvalue weighted by atomic mass is 16.5. The van der Waals surface area contributed by atoms with E-state index in [0.29, 0.717) is 19.2 Å². The van der Waals surface area contributed by atoms with Gasteiger partial charge >= 0.3 is 0 Å². The highest BCUT2D eigenvalue weighted by Gasteiger charge is 2.22. The third kappa shape index (κ3) is 3.73. The van der Waals surface area contributed by atoms with Crippen molar-refractivity contribution in [2.75, 3.05) is 49.2 Å². The summed E-state index contributed by atoms with van der Waals surface area (Å²) in [6.07, 6.45) is 1.27. The highest BCUT2D eigenvalue weighted by molar-refractivity contribution is 5.66. The van der Waals surface area contributed by atoms with Gasteiger partial charge in [-0.3, -0.25) is 0 Å². The lowest BCUT2D eigenvalue weighted by atomic mass is 10.1. The molecule has 0 aliphatic carbocycles. The standard InChI is InChI=1S/C19H24N4O3/c24-15-4-6-22(7-5-15)18-13-17(14-2-1-3-16(25)12-14)20-19(21-18)23-8-10-26-11-9-23/h1-3,12-13,15,24-25H,4-11H2. The monoisotopic (exact) mass is 356 g/mol. The van der Waals surface area contributed by atoms with Crippen LogP contribution in [0.2, 0.25) is 0 Å². The molecule has 0 amide bonds. The predicted octanol–water partition coefficient (Wildman–Crippen LogP) is 1.65. The first-order chi connectivity index (χ1) is 12.7. The lowest BCUT2D eigenvalue weighted by Crippen LogP contribution is -2.39. The summed E-state index contributed by atoms with van der Waals surface area (Å²) < 4.78 is 5.44. The molecule has 7 heteroatoms. The van der Waals surface area contributed by atoms with Crippen molar-refractivity contribution in [1.82, 2.24) is 9.97 Å². The first-order valence-electron chi connectivity index (χ1n) is 9.13. The van der Waals surface area contributed by atoms with Crippen LogP contribution in [0, 0.1) is 0 Å². The number of nitrogens with zero attached hydrogens (tertiary/aromatic N) is 4. The van der Waals surface area contributed by atoms with Gasteiger partial charge in [0.15, 0.2) is 0 Å². The molecule has 3 heterocycles. The van der Waals surface area contributed by atoms with Gasteiger partial charge in [-0.15, -0.1) is 0 Å². The minimum atomic E-state index is -0.225.